The van der Waals surface area contributed by atoms with E-state index in [1.54, 1.807) is 24.3 Å². The quantitative estimate of drug-likeness (QED) is 0.847. The molecular weight excluding hydrogens is 300 g/mol. The van der Waals surface area contributed by atoms with Gasteiger partial charge in [0.15, 0.2) is 0 Å². The average Bonchev–Trinajstić information content (AvgIpc) is 2.55. The minimum Gasteiger partial charge on any atom is -0.356 e. The normalized spacial score (nSPS) is 15.6. The molecule has 5 heteroatoms. The maximum Gasteiger partial charge on any atom is 0.253 e. The molecule has 0 aliphatic carbocycles. The van der Waals surface area contributed by atoms with Crippen LogP contribution in [0.5, 0.6) is 0 Å². The lowest BCUT2D eigenvalue weighted by molar-refractivity contribution is -0.126. The van der Waals surface area contributed by atoms with Gasteiger partial charge in [-0.25, -0.2) is 0 Å². The summed E-state index contributed by atoms with van der Waals surface area (Å²) in [5.41, 5.74) is 0.648. The third-order valence-electron chi connectivity index (χ3n) is 4.07. The van der Waals surface area contributed by atoms with Gasteiger partial charge in [-0.3, -0.25) is 9.59 Å². The summed E-state index contributed by atoms with van der Waals surface area (Å²) < 4.78 is 0. The van der Waals surface area contributed by atoms with Gasteiger partial charge in [-0.15, -0.1) is 0 Å². The third-order valence-corrected chi connectivity index (χ3v) is 4.33. The molecule has 0 aromatic heterocycles. The Labute approximate surface area is 136 Å². The Morgan fingerprint density at radius 3 is 2.45 bits per heavy atom. The number of carbonyl (C=O) groups excluding carboxylic acids is 2. The van der Waals surface area contributed by atoms with Gasteiger partial charge in [0.05, 0.1) is 0 Å². The van der Waals surface area contributed by atoms with Gasteiger partial charge in [0, 0.05) is 36.1 Å². The summed E-state index contributed by atoms with van der Waals surface area (Å²) in [6.07, 6.45) is 3.56. The fourth-order valence-electron chi connectivity index (χ4n) is 2.65. The molecule has 0 atom stereocenters. The topological polar surface area (TPSA) is 49.4 Å². The smallest absolute Gasteiger partial charge is 0.253 e. The van der Waals surface area contributed by atoms with Crippen molar-refractivity contribution in [1.29, 1.82) is 0 Å². The van der Waals surface area contributed by atoms with E-state index in [9.17, 15) is 9.59 Å². The summed E-state index contributed by atoms with van der Waals surface area (Å²) >= 11 is 5.84. The zero-order valence-corrected chi connectivity index (χ0v) is 13.7. The van der Waals surface area contributed by atoms with Crippen LogP contribution in [0.3, 0.4) is 0 Å². The Hall–Kier alpha value is -1.55. The molecule has 1 heterocycles. The molecule has 2 rings (SSSR count). The number of nitrogens with zero attached hydrogens (tertiary/aromatic N) is 1. The molecule has 1 aliphatic heterocycles. The highest BCUT2D eigenvalue weighted by molar-refractivity contribution is 6.30. The second-order valence-electron chi connectivity index (χ2n) is 5.72. The van der Waals surface area contributed by atoms with E-state index in [2.05, 4.69) is 12.2 Å². The van der Waals surface area contributed by atoms with E-state index in [1.165, 1.54) is 0 Å². The molecule has 1 fully saturated rings. The number of rotatable bonds is 5. The Bertz CT molecular complexity index is 508. The van der Waals surface area contributed by atoms with Crippen molar-refractivity contribution in [2.75, 3.05) is 19.6 Å². The Balaban J connectivity index is 1.82. The van der Waals surface area contributed by atoms with Gasteiger partial charge in [-0.1, -0.05) is 24.9 Å². The van der Waals surface area contributed by atoms with Crippen molar-refractivity contribution in [3.8, 4) is 0 Å². The Kier molecular flexibility index (Phi) is 6.25. The van der Waals surface area contributed by atoms with E-state index in [4.69, 9.17) is 11.6 Å². The summed E-state index contributed by atoms with van der Waals surface area (Å²) in [5, 5.41) is 3.60. The fraction of sp³-hybridized carbons (Fsp3) is 0.529. The van der Waals surface area contributed by atoms with E-state index >= 15 is 0 Å². The molecule has 1 N–H and O–H groups in total. The molecule has 1 aliphatic rings. The summed E-state index contributed by atoms with van der Waals surface area (Å²) in [5.74, 6) is 0.180. The molecule has 120 valence electrons. The van der Waals surface area contributed by atoms with Crippen LogP contribution >= 0.6 is 11.6 Å². The molecule has 0 bridgehead atoms. The molecule has 0 radical (unpaired) electrons. The van der Waals surface area contributed by atoms with Crippen LogP contribution in [0.25, 0.3) is 0 Å². The van der Waals surface area contributed by atoms with Crippen LogP contribution in [-0.2, 0) is 4.79 Å². The van der Waals surface area contributed by atoms with Gasteiger partial charge < -0.3 is 10.2 Å². The van der Waals surface area contributed by atoms with E-state index in [1.807, 2.05) is 4.90 Å². The second-order valence-corrected chi connectivity index (χ2v) is 6.15. The lowest BCUT2D eigenvalue weighted by Gasteiger charge is -2.31. The minimum atomic E-state index is 0.0153. The number of carbonyl (C=O) groups is 2. The highest BCUT2D eigenvalue weighted by Gasteiger charge is 2.27. The average molecular weight is 323 g/mol. The number of benzene rings is 1. The van der Waals surface area contributed by atoms with Gasteiger partial charge in [0.1, 0.15) is 0 Å². The fourth-order valence-corrected chi connectivity index (χ4v) is 2.78. The van der Waals surface area contributed by atoms with Gasteiger partial charge in [-0.2, -0.15) is 0 Å². The Morgan fingerprint density at radius 2 is 1.86 bits per heavy atom. The molecule has 1 aromatic carbocycles. The summed E-state index contributed by atoms with van der Waals surface area (Å²) in [7, 11) is 0. The Morgan fingerprint density at radius 1 is 1.23 bits per heavy atom. The van der Waals surface area contributed by atoms with Crippen LogP contribution in [-0.4, -0.2) is 36.3 Å². The van der Waals surface area contributed by atoms with Crippen molar-refractivity contribution in [2.45, 2.75) is 32.6 Å². The van der Waals surface area contributed by atoms with E-state index in [0.29, 0.717) is 23.7 Å². The van der Waals surface area contributed by atoms with Crippen LogP contribution in [0.2, 0.25) is 5.02 Å². The third kappa shape index (κ3) is 4.47. The van der Waals surface area contributed by atoms with Crippen molar-refractivity contribution in [2.24, 2.45) is 5.92 Å². The maximum atomic E-state index is 12.4. The van der Waals surface area contributed by atoms with Gasteiger partial charge in [-0.05, 0) is 43.5 Å². The zero-order chi connectivity index (χ0) is 15.9. The van der Waals surface area contributed by atoms with Gasteiger partial charge in [0.25, 0.3) is 5.91 Å². The molecule has 2 amide bonds. The number of hydrogen-bond acceptors (Lipinski definition) is 2. The molecule has 0 unspecified atom stereocenters. The van der Waals surface area contributed by atoms with Crippen molar-refractivity contribution >= 4 is 23.4 Å². The summed E-state index contributed by atoms with van der Waals surface area (Å²) in [6, 6.07) is 6.94. The standard InChI is InChI=1S/C17H23ClN2O2/c1-2-3-10-19-16(21)13-8-11-20(12-9-13)17(22)14-4-6-15(18)7-5-14/h4-7,13H,2-3,8-12H2,1H3,(H,19,21). The van der Waals surface area contributed by atoms with Crippen LogP contribution < -0.4 is 5.32 Å². The molecule has 22 heavy (non-hydrogen) atoms. The molecule has 1 saturated heterocycles. The molecule has 4 nitrogen and oxygen atoms in total. The first-order valence-corrected chi connectivity index (χ1v) is 8.32. The van der Waals surface area contributed by atoms with Crippen LogP contribution in [0.4, 0.5) is 0 Å². The lowest BCUT2D eigenvalue weighted by atomic mass is 9.95. The maximum absolute atomic E-state index is 12.4. The number of piperidine rings is 1. The minimum absolute atomic E-state index is 0.0153. The first-order valence-electron chi connectivity index (χ1n) is 7.94. The van der Waals surface area contributed by atoms with Crippen molar-refractivity contribution in [1.82, 2.24) is 10.2 Å². The highest BCUT2D eigenvalue weighted by Crippen LogP contribution is 2.20. The molecule has 0 spiro atoms. The lowest BCUT2D eigenvalue weighted by Crippen LogP contribution is -2.43. The van der Waals surface area contributed by atoms with Crippen LogP contribution in [0, 0.1) is 5.92 Å². The van der Waals surface area contributed by atoms with Crippen LogP contribution in [0.1, 0.15) is 43.0 Å². The largest absolute Gasteiger partial charge is 0.356 e. The summed E-state index contributed by atoms with van der Waals surface area (Å²) in [4.78, 5) is 26.2. The molecule has 1 aromatic rings. The summed E-state index contributed by atoms with van der Waals surface area (Å²) in [6.45, 7) is 4.12. The number of nitrogens with one attached hydrogen (secondary N) is 1. The van der Waals surface area contributed by atoms with Gasteiger partial charge in [0.2, 0.25) is 5.91 Å². The predicted octanol–water partition coefficient (Wildman–Crippen LogP) is 3.11. The number of amides is 2. The van der Waals surface area contributed by atoms with Crippen molar-refractivity contribution in [3.63, 3.8) is 0 Å². The molecule has 0 saturated carbocycles. The predicted molar refractivity (Wildman–Crippen MR) is 88.0 cm³/mol. The van der Waals surface area contributed by atoms with Crippen molar-refractivity contribution in [3.05, 3.63) is 34.9 Å². The van der Waals surface area contributed by atoms with E-state index < -0.39 is 0 Å². The van der Waals surface area contributed by atoms with E-state index in [0.717, 1.165) is 32.2 Å². The zero-order valence-electron chi connectivity index (χ0n) is 13.0. The number of likely N-dealkylation sites (tertiary alicyclic amines) is 1. The molecular formula is C17H23ClN2O2. The number of hydrogen-bond donors (Lipinski definition) is 1. The first kappa shape index (κ1) is 16.8. The van der Waals surface area contributed by atoms with E-state index in [-0.39, 0.29) is 17.7 Å². The number of unbranched alkanes of at least 4 members (excludes halogenated alkanes) is 1. The monoisotopic (exact) mass is 322 g/mol. The number of halogens is 1. The van der Waals surface area contributed by atoms with Crippen LogP contribution in [0.15, 0.2) is 24.3 Å². The SMILES string of the molecule is CCCCNC(=O)C1CCN(C(=O)c2ccc(Cl)cc2)CC1. The van der Waals surface area contributed by atoms with Crippen molar-refractivity contribution < 1.29 is 9.59 Å². The highest BCUT2D eigenvalue weighted by atomic mass is 35.5. The second kappa shape index (κ2) is 8.18. The first-order chi connectivity index (χ1) is 10.6. The van der Waals surface area contributed by atoms with Gasteiger partial charge >= 0.3 is 0 Å².